The third-order valence-electron chi connectivity index (χ3n) is 4.53. The second kappa shape index (κ2) is 6.31. The Morgan fingerprint density at radius 1 is 1.33 bits per heavy atom. The van der Waals surface area contributed by atoms with Crippen LogP contribution in [0.5, 0.6) is 0 Å². The number of hydrogen-bond donors (Lipinski definition) is 2. The van der Waals surface area contributed by atoms with Crippen molar-refractivity contribution in [3.63, 3.8) is 0 Å². The van der Waals surface area contributed by atoms with Crippen LogP contribution in [-0.4, -0.2) is 42.0 Å². The Bertz CT molecular complexity index is 613. The number of aromatic amines is 1. The lowest BCUT2D eigenvalue weighted by atomic mass is 10.1. The summed E-state index contributed by atoms with van der Waals surface area (Å²) in [5, 5.41) is 4.02. The number of likely N-dealkylation sites (N-methyl/N-ethyl adjacent to an activating group) is 1. The molecule has 112 valence electrons. The molecule has 2 aromatic rings. The van der Waals surface area contributed by atoms with Crippen LogP contribution in [0.25, 0.3) is 10.9 Å². The van der Waals surface area contributed by atoms with E-state index < -0.39 is 0 Å². The Balaban J connectivity index is 1.54. The van der Waals surface area contributed by atoms with Gasteiger partial charge in [0, 0.05) is 36.2 Å². The first-order chi connectivity index (χ1) is 10.3. The minimum absolute atomic E-state index is 0.00673. The van der Waals surface area contributed by atoms with Crippen molar-refractivity contribution in [2.24, 2.45) is 0 Å². The van der Waals surface area contributed by atoms with Gasteiger partial charge in [-0.25, -0.2) is 0 Å². The van der Waals surface area contributed by atoms with Crippen LogP contribution in [0.15, 0.2) is 30.5 Å². The van der Waals surface area contributed by atoms with Crippen molar-refractivity contribution in [1.82, 2.24) is 15.2 Å². The monoisotopic (exact) mass is 285 g/mol. The summed E-state index contributed by atoms with van der Waals surface area (Å²) < 4.78 is 0. The lowest BCUT2D eigenvalue weighted by Gasteiger charge is -2.23. The average molecular weight is 285 g/mol. The molecule has 0 bridgehead atoms. The summed E-state index contributed by atoms with van der Waals surface area (Å²) in [6.45, 7) is 1.62. The van der Waals surface area contributed by atoms with Gasteiger partial charge in [-0.3, -0.25) is 4.79 Å². The van der Waals surface area contributed by atoms with Crippen molar-refractivity contribution in [1.29, 1.82) is 0 Å². The molecule has 1 aliphatic carbocycles. The van der Waals surface area contributed by atoms with Gasteiger partial charge in [-0.15, -0.1) is 0 Å². The van der Waals surface area contributed by atoms with Crippen LogP contribution in [0, 0.1) is 0 Å². The highest BCUT2D eigenvalue weighted by molar-refractivity contribution is 6.06. The fourth-order valence-electron chi connectivity index (χ4n) is 3.23. The van der Waals surface area contributed by atoms with Gasteiger partial charge in [-0.2, -0.15) is 0 Å². The molecule has 1 saturated carbocycles. The van der Waals surface area contributed by atoms with Gasteiger partial charge in [0.15, 0.2) is 0 Å². The molecule has 0 spiro atoms. The topological polar surface area (TPSA) is 48.1 Å². The fourth-order valence-corrected chi connectivity index (χ4v) is 3.23. The molecular weight excluding hydrogens is 262 g/mol. The Labute approximate surface area is 125 Å². The van der Waals surface area contributed by atoms with Crippen LogP contribution in [0.3, 0.4) is 0 Å². The molecule has 1 aromatic carbocycles. The smallest absolute Gasteiger partial charge is 0.253 e. The molecule has 3 rings (SSSR count). The highest BCUT2D eigenvalue weighted by Gasteiger charge is 2.19. The van der Waals surface area contributed by atoms with E-state index in [-0.39, 0.29) is 5.91 Å². The molecule has 0 saturated heterocycles. The zero-order valence-corrected chi connectivity index (χ0v) is 12.6. The molecule has 0 aliphatic heterocycles. The number of hydrogen-bond acceptors (Lipinski definition) is 2. The second-order valence-corrected chi connectivity index (χ2v) is 5.92. The van der Waals surface area contributed by atoms with Crippen molar-refractivity contribution < 1.29 is 4.79 Å². The summed E-state index contributed by atoms with van der Waals surface area (Å²) in [4.78, 5) is 17.8. The molecule has 1 heterocycles. The number of fused-ring (bicyclic) bond motifs is 1. The maximum atomic E-state index is 12.3. The molecule has 4 heteroatoms. The quantitative estimate of drug-likeness (QED) is 0.887. The highest BCUT2D eigenvalue weighted by atomic mass is 16.1. The standard InChI is InChI=1S/C17H23N3O/c1-20(13-6-2-3-7-13)11-10-18-17(21)15-12-19-16-9-5-4-8-14(15)16/h4-5,8-9,12-13,19H,2-3,6-7,10-11H2,1H3,(H,18,21). The number of aromatic nitrogens is 1. The normalized spacial score (nSPS) is 15.9. The Hall–Kier alpha value is -1.81. The molecule has 2 N–H and O–H groups in total. The van der Waals surface area contributed by atoms with E-state index in [4.69, 9.17) is 0 Å². The maximum Gasteiger partial charge on any atom is 0.253 e. The number of nitrogens with one attached hydrogen (secondary N) is 2. The first-order valence-corrected chi connectivity index (χ1v) is 7.80. The number of benzene rings is 1. The Morgan fingerprint density at radius 3 is 2.90 bits per heavy atom. The molecule has 1 fully saturated rings. The fraction of sp³-hybridized carbons (Fsp3) is 0.471. The van der Waals surface area contributed by atoms with E-state index in [0.29, 0.717) is 12.6 Å². The van der Waals surface area contributed by atoms with Crippen LogP contribution in [0.2, 0.25) is 0 Å². The lowest BCUT2D eigenvalue weighted by molar-refractivity contribution is 0.0949. The van der Waals surface area contributed by atoms with E-state index in [0.717, 1.165) is 23.0 Å². The van der Waals surface area contributed by atoms with Crippen LogP contribution in [-0.2, 0) is 0 Å². The van der Waals surface area contributed by atoms with E-state index in [1.165, 1.54) is 25.7 Å². The SMILES string of the molecule is CN(CCNC(=O)c1c[nH]c2ccccc12)C1CCCC1. The first kappa shape index (κ1) is 14.1. The van der Waals surface area contributed by atoms with E-state index >= 15 is 0 Å². The molecule has 0 unspecified atom stereocenters. The first-order valence-electron chi connectivity index (χ1n) is 7.80. The number of amides is 1. The van der Waals surface area contributed by atoms with Crippen molar-refractivity contribution >= 4 is 16.8 Å². The summed E-state index contributed by atoms with van der Waals surface area (Å²) in [6, 6.07) is 8.60. The van der Waals surface area contributed by atoms with Crippen LogP contribution < -0.4 is 5.32 Å². The van der Waals surface area contributed by atoms with E-state index in [2.05, 4.69) is 22.2 Å². The Morgan fingerprint density at radius 2 is 2.10 bits per heavy atom. The van der Waals surface area contributed by atoms with Gasteiger partial charge in [-0.05, 0) is 26.0 Å². The van der Waals surface area contributed by atoms with Crippen molar-refractivity contribution in [2.75, 3.05) is 20.1 Å². The van der Waals surface area contributed by atoms with Crippen molar-refractivity contribution in [3.05, 3.63) is 36.0 Å². The van der Waals surface area contributed by atoms with Gasteiger partial charge >= 0.3 is 0 Å². The third kappa shape index (κ3) is 3.10. The van der Waals surface area contributed by atoms with Gasteiger partial charge in [-0.1, -0.05) is 31.0 Å². The lowest BCUT2D eigenvalue weighted by Crippen LogP contribution is -2.37. The summed E-state index contributed by atoms with van der Waals surface area (Å²) in [7, 11) is 2.16. The zero-order valence-electron chi connectivity index (χ0n) is 12.6. The molecular formula is C17H23N3O. The molecule has 0 radical (unpaired) electrons. The largest absolute Gasteiger partial charge is 0.360 e. The Kier molecular flexibility index (Phi) is 4.25. The van der Waals surface area contributed by atoms with Gasteiger partial charge < -0.3 is 15.2 Å². The second-order valence-electron chi connectivity index (χ2n) is 5.92. The van der Waals surface area contributed by atoms with Gasteiger partial charge in [0.05, 0.1) is 5.56 Å². The molecule has 21 heavy (non-hydrogen) atoms. The van der Waals surface area contributed by atoms with Gasteiger partial charge in [0.2, 0.25) is 0 Å². The maximum absolute atomic E-state index is 12.3. The number of nitrogens with zero attached hydrogens (tertiary/aromatic N) is 1. The van der Waals surface area contributed by atoms with Crippen LogP contribution >= 0.6 is 0 Å². The van der Waals surface area contributed by atoms with E-state index in [1.807, 2.05) is 24.3 Å². The highest BCUT2D eigenvalue weighted by Crippen LogP contribution is 2.22. The number of H-pyrrole nitrogens is 1. The number of para-hydroxylation sites is 1. The van der Waals surface area contributed by atoms with E-state index in [9.17, 15) is 4.79 Å². The summed E-state index contributed by atoms with van der Waals surface area (Å²) in [5.41, 5.74) is 1.74. The van der Waals surface area contributed by atoms with Gasteiger partial charge in [0.25, 0.3) is 5.91 Å². The molecule has 4 nitrogen and oxygen atoms in total. The van der Waals surface area contributed by atoms with Crippen molar-refractivity contribution in [3.8, 4) is 0 Å². The van der Waals surface area contributed by atoms with Crippen molar-refractivity contribution in [2.45, 2.75) is 31.7 Å². The predicted molar refractivity (Wildman–Crippen MR) is 85.5 cm³/mol. The summed E-state index contributed by atoms with van der Waals surface area (Å²) in [5.74, 6) is 0.00673. The number of carbonyl (C=O) groups is 1. The molecule has 1 amide bonds. The zero-order chi connectivity index (χ0) is 14.7. The molecule has 0 atom stereocenters. The number of rotatable bonds is 5. The minimum atomic E-state index is 0.00673. The summed E-state index contributed by atoms with van der Waals surface area (Å²) >= 11 is 0. The summed E-state index contributed by atoms with van der Waals surface area (Å²) in [6.07, 6.45) is 7.08. The molecule has 1 aliphatic rings. The third-order valence-corrected chi connectivity index (χ3v) is 4.53. The average Bonchev–Trinajstić information content (AvgIpc) is 3.16. The minimum Gasteiger partial charge on any atom is -0.360 e. The number of carbonyl (C=O) groups excluding carboxylic acids is 1. The molecule has 1 aromatic heterocycles. The predicted octanol–water partition coefficient (Wildman–Crippen LogP) is 2.77. The van der Waals surface area contributed by atoms with Gasteiger partial charge in [0.1, 0.15) is 0 Å². The van der Waals surface area contributed by atoms with Crippen LogP contribution in [0.1, 0.15) is 36.0 Å². The van der Waals surface area contributed by atoms with Crippen LogP contribution in [0.4, 0.5) is 0 Å². The van der Waals surface area contributed by atoms with E-state index in [1.54, 1.807) is 6.20 Å².